The van der Waals surface area contributed by atoms with E-state index in [-0.39, 0.29) is 0 Å². The van der Waals surface area contributed by atoms with Gasteiger partial charge in [0.1, 0.15) is 0 Å². The fraction of sp³-hybridized carbons (Fsp3) is 0.714. The molecule has 0 bridgehead atoms. The molecule has 1 N–H and O–H groups in total. The molecule has 1 aromatic heterocycles. The Kier molecular flexibility index (Phi) is 6.07. The second-order valence-corrected chi connectivity index (χ2v) is 5.56. The van der Waals surface area contributed by atoms with Gasteiger partial charge in [0.05, 0.1) is 0 Å². The van der Waals surface area contributed by atoms with E-state index in [2.05, 4.69) is 43.8 Å². The van der Waals surface area contributed by atoms with E-state index in [0.717, 1.165) is 12.5 Å². The number of aryl methyl sites for hydroxylation is 1. The Morgan fingerprint density at radius 3 is 2.50 bits per heavy atom. The van der Waals surface area contributed by atoms with E-state index in [0.29, 0.717) is 6.04 Å². The quantitative estimate of drug-likeness (QED) is 0.745. The van der Waals surface area contributed by atoms with Crippen LogP contribution < -0.4 is 5.32 Å². The van der Waals surface area contributed by atoms with Crippen LogP contribution in [0.15, 0.2) is 10.8 Å². The van der Waals surface area contributed by atoms with Crippen molar-refractivity contribution in [1.29, 1.82) is 0 Å². The molecule has 2 unspecified atom stereocenters. The van der Waals surface area contributed by atoms with Crippen LogP contribution >= 0.6 is 11.3 Å². The van der Waals surface area contributed by atoms with Crippen molar-refractivity contribution < 1.29 is 0 Å². The second kappa shape index (κ2) is 7.08. The maximum Gasteiger partial charge on any atom is 0.0218 e. The summed E-state index contributed by atoms with van der Waals surface area (Å²) < 4.78 is 0. The number of rotatable bonds is 7. The molecule has 16 heavy (non-hydrogen) atoms. The summed E-state index contributed by atoms with van der Waals surface area (Å²) in [4.78, 5) is 0. The zero-order chi connectivity index (χ0) is 12.0. The summed E-state index contributed by atoms with van der Waals surface area (Å²) in [6.07, 6.45) is 3.82. The van der Waals surface area contributed by atoms with Crippen molar-refractivity contribution in [2.45, 2.75) is 59.5 Å². The lowest BCUT2D eigenvalue weighted by Crippen LogP contribution is -2.29. The minimum absolute atomic E-state index is 0.675. The van der Waals surface area contributed by atoms with Crippen LogP contribution in [-0.4, -0.2) is 6.04 Å². The Bertz CT molecular complexity index is 293. The van der Waals surface area contributed by atoms with E-state index in [1.807, 2.05) is 0 Å². The zero-order valence-corrected chi connectivity index (χ0v) is 11.9. The van der Waals surface area contributed by atoms with Crippen LogP contribution in [0, 0.1) is 12.8 Å². The van der Waals surface area contributed by atoms with E-state index in [4.69, 9.17) is 0 Å². The molecule has 1 rings (SSSR count). The van der Waals surface area contributed by atoms with E-state index >= 15 is 0 Å². The van der Waals surface area contributed by atoms with Gasteiger partial charge in [-0.05, 0) is 47.6 Å². The van der Waals surface area contributed by atoms with Crippen LogP contribution in [0.1, 0.15) is 51.2 Å². The second-order valence-electron chi connectivity index (χ2n) is 4.82. The van der Waals surface area contributed by atoms with Gasteiger partial charge in [-0.3, -0.25) is 0 Å². The molecule has 0 aliphatic rings. The maximum atomic E-state index is 3.68. The van der Waals surface area contributed by atoms with Gasteiger partial charge in [0.2, 0.25) is 0 Å². The number of thiophene rings is 1. The standard InChI is InChI=1S/C14H25NS/c1-5-11(3)7-14(6-2)15-8-13-10-16-9-12(13)4/h9-11,14-15H,5-8H2,1-4H3. The molecule has 0 radical (unpaired) electrons. The highest BCUT2D eigenvalue weighted by Gasteiger charge is 2.10. The maximum absolute atomic E-state index is 3.68. The summed E-state index contributed by atoms with van der Waals surface area (Å²) in [5, 5.41) is 8.18. The molecular weight excluding hydrogens is 214 g/mol. The van der Waals surface area contributed by atoms with E-state index in [9.17, 15) is 0 Å². The van der Waals surface area contributed by atoms with Crippen molar-refractivity contribution in [3.8, 4) is 0 Å². The molecular formula is C14H25NS. The molecule has 0 aliphatic heterocycles. The van der Waals surface area contributed by atoms with Crippen molar-refractivity contribution in [2.75, 3.05) is 0 Å². The summed E-state index contributed by atoms with van der Waals surface area (Å²) in [6.45, 7) is 10.1. The Hall–Kier alpha value is -0.340. The highest BCUT2D eigenvalue weighted by molar-refractivity contribution is 7.08. The average molecular weight is 239 g/mol. The van der Waals surface area contributed by atoms with Gasteiger partial charge in [-0.2, -0.15) is 11.3 Å². The minimum Gasteiger partial charge on any atom is -0.310 e. The van der Waals surface area contributed by atoms with Crippen molar-refractivity contribution in [3.05, 3.63) is 21.9 Å². The summed E-state index contributed by atoms with van der Waals surface area (Å²) in [5.41, 5.74) is 2.89. The molecule has 1 nitrogen and oxygen atoms in total. The summed E-state index contributed by atoms with van der Waals surface area (Å²) >= 11 is 1.80. The number of hydrogen-bond donors (Lipinski definition) is 1. The first-order chi connectivity index (χ1) is 7.67. The largest absolute Gasteiger partial charge is 0.310 e. The van der Waals surface area contributed by atoms with Crippen molar-refractivity contribution in [3.63, 3.8) is 0 Å². The zero-order valence-electron chi connectivity index (χ0n) is 11.0. The smallest absolute Gasteiger partial charge is 0.0218 e. The molecule has 2 atom stereocenters. The molecule has 92 valence electrons. The predicted octanol–water partition coefficient (Wildman–Crippen LogP) is 4.36. The van der Waals surface area contributed by atoms with Crippen LogP contribution in [0.2, 0.25) is 0 Å². The summed E-state index contributed by atoms with van der Waals surface area (Å²) in [6, 6.07) is 0.675. The molecule has 0 saturated heterocycles. The Balaban J connectivity index is 2.37. The van der Waals surface area contributed by atoms with E-state index in [1.54, 1.807) is 11.3 Å². The monoisotopic (exact) mass is 239 g/mol. The van der Waals surface area contributed by atoms with Crippen LogP contribution in [-0.2, 0) is 6.54 Å². The van der Waals surface area contributed by atoms with Crippen LogP contribution in [0.25, 0.3) is 0 Å². The van der Waals surface area contributed by atoms with Gasteiger partial charge in [0.25, 0.3) is 0 Å². The molecule has 0 fully saturated rings. The lowest BCUT2D eigenvalue weighted by atomic mass is 9.97. The highest BCUT2D eigenvalue weighted by atomic mass is 32.1. The Morgan fingerprint density at radius 2 is 2.00 bits per heavy atom. The SMILES string of the molecule is CCC(C)CC(CC)NCc1cscc1C. The minimum atomic E-state index is 0.675. The van der Waals surface area contributed by atoms with Crippen molar-refractivity contribution in [1.82, 2.24) is 5.32 Å². The molecule has 0 aromatic carbocycles. The van der Waals surface area contributed by atoms with Crippen LogP contribution in [0.4, 0.5) is 0 Å². The van der Waals surface area contributed by atoms with Gasteiger partial charge in [0, 0.05) is 12.6 Å². The lowest BCUT2D eigenvalue weighted by Gasteiger charge is -2.20. The molecule has 0 aliphatic carbocycles. The van der Waals surface area contributed by atoms with Gasteiger partial charge in [-0.1, -0.05) is 27.2 Å². The molecule has 0 spiro atoms. The lowest BCUT2D eigenvalue weighted by molar-refractivity contribution is 0.384. The molecule has 0 amide bonds. The van der Waals surface area contributed by atoms with Crippen molar-refractivity contribution in [2.24, 2.45) is 5.92 Å². The molecule has 2 heteroatoms. The van der Waals surface area contributed by atoms with Crippen LogP contribution in [0.3, 0.4) is 0 Å². The first-order valence-corrected chi connectivity index (χ1v) is 7.36. The van der Waals surface area contributed by atoms with Gasteiger partial charge < -0.3 is 5.32 Å². The van der Waals surface area contributed by atoms with Gasteiger partial charge >= 0.3 is 0 Å². The molecule has 0 saturated carbocycles. The number of hydrogen-bond acceptors (Lipinski definition) is 2. The topological polar surface area (TPSA) is 12.0 Å². The first kappa shape index (κ1) is 13.7. The Labute approximate surface area is 104 Å². The molecule has 1 heterocycles. The van der Waals surface area contributed by atoms with E-state index in [1.165, 1.54) is 30.4 Å². The number of nitrogens with one attached hydrogen (secondary N) is 1. The van der Waals surface area contributed by atoms with E-state index < -0.39 is 0 Å². The van der Waals surface area contributed by atoms with Gasteiger partial charge in [-0.25, -0.2) is 0 Å². The van der Waals surface area contributed by atoms with Crippen molar-refractivity contribution >= 4 is 11.3 Å². The highest BCUT2D eigenvalue weighted by Crippen LogP contribution is 2.16. The van der Waals surface area contributed by atoms with Gasteiger partial charge in [-0.15, -0.1) is 0 Å². The summed E-state index contributed by atoms with van der Waals surface area (Å²) in [7, 11) is 0. The first-order valence-electron chi connectivity index (χ1n) is 6.42. The third-order valence-corrected chi connectivity index (χ3v) is 4.33. The fourth-order valence-corrected chi connectivity index (χ4v) is 2.73. The predicted molar refractivity (Wildman–Crippen MR) is 74.0 cm³/mol. The third kappa shape index (κ3) is 4.26. The normalized spacial score (nSPS) is 15.0. The fourth-order valence-electron chi connectivity index (χ4n) is 1.87. The average Bonchev–Trinajstić information content (AvgIpc) is 2.69. The Morgan fingerprint density at radius 1 is 1.25 bits per heavy atom. The summed E-state index contributed by atoms with van der Waals surface area (Å²) in [5.74, 6) is 0.834. The third-order valence-electron chi connectivity index (χ3n) is 3.42. The van der Waals surface area contributed by atoms with Crippen LogP contribution in [0.5, 0.6) is 0 Å². The van der Waals surface area contributed by atoms with Gasteiger partial charge in [0.15, 0.2) is 0 Å². The molecule has 1 aromatic rings.